The first-order chi connectivity index (χ1) is 71.0. The Kier molecular flexibility index (Phi) is 64.4. The zero-order valence-corrected chi connectivity index (χ0v) is 94.6. The molecule has 28 atom stereocenters. The Morgan fingerprint density at radius 1 is 0.293 bits per heavy atom. The average Bonchev–Trinajstić information content (AvgIpc) is 0.763. The van der Waals surface area contributed by atoms with Crippen LogP contribution in [-0.2, 0) is 74.7 Å². The van der Waals surface area contributed by atoms with Gasteiger partial charge in [-0.05, 0) is 316 Å². The predicted molar refractivity (Wildman–Crippen MR) is 575 cm³/mol. The van der Waals surface area contributed by atoms with Gasteiger partial charge in [0.2, 0.25) is 11.8 Å². The van der Waals surface area contributed by atoms with E-state index < -0.39 is 221 Å². The molecule has 3 unspecified atom stereocenters. The second-order valence-electron chi connectivity index (χ2n) is 42.4. The number of amides is 2. The molecule has 0 aromatic carbocycles. The second-order valence-corrected chi connectivity index (χ2v) is 45.3. The molecule has 0 aromatic rings. The van der Waals surface area contributed by atoms with Crippen LogP contribution in [0.1, 0.15) is 331 Å². The van der Waals surface area contributed by atoms with Crippen LogP contribution < -0.4 is 20.4 Å². The number of ether oxygens (including phenoxy) is 9. The molecule has 5 rings (SSSR count). The largest absolute Gasteiger partial charge is 0.756 e. The molecule has 0 saturated carbocycles. The number of carbonyl (C=O) groups excluding carboxylic acids is 2. The highest BCUT2D eigenvalue weighted by Gasteiger charge is 2.57. The first kappa shape index (κ1) is 135. The number of carbonyl (C=O) groups is 2. The molecule has 5 saturated heterocycles. The highest BCUT2D eigenvalue weighted by molar-refractivity contribution is 7.59. The first-order valence-corrected chi connectivity index (χ1v) is 57.0. The minimum atomic E-state index is -6.13. The summed E-state index contributed by atoms with van der Waals surface area (Å²) in [6.45, 7) is 34.0. The summed E-state index contributed by atoms with van der Waals surface area (Å²) in [5.41, 5.74) is 21.6. The fourth-order valence-electron chi connectivity index (χ4n) is 18.3. The lowest BCUT2D eigenvalue weighted by Gasteiger charge is -2.50. The lowest BCUT2D eigenvalue weighted by Crippen LogP contribution is -2.70. The maximum Gasteiger partial charge on any atom is 0.276 e. The molecule has 0 spiro atoms. The molecule has 858 valence electrons. The molecule has 36 heteroatoms. The number of allylic oxidation sites excluding steroid dienone is 30. The molecule has 0 bridgehead atoms. The minimum Gasteiger partial charge on any atom is -0.756 e. The van der Waals surface area contributed by atoms with E-state index in [2.05, 4.69) is 217 Å². The molecule has 5 aliphatic heterocycles. The molecule has 5 fully saturated rings. The molecule has 2 amide bonds. The Bertz CT molecular complexity index is 4590. The highest BCUT2D eigenvalue weighted by atomic mass is 31.3. The van der Waals surface area contributed by atoms with Crippen molar-refractivity contribution in [2.24, 2.45) is 5.92 Å². The van der Waals surface area contributed by atoms with Gasteiger partial charge < -0.3 is 139 Å². The summed E-state index contributed by atoms with van der Waals surface area (Å²) in [6, 6.07) is -3.93. The summed E-state index contributed by atoms with van der Waals surface area (Å²) in [6.07, 6.45) is 21.7. The monoisotopic (exact) mass is 2160 g/mol. The molecule has 16 N–H and O–H groups in total. The van der Waals surface area contributed by atoms with Gasteiger partial charge in [0, 0.05) is 13.8 Å². The molecule has 0 aliphatic carbocycles. The van der Waals surface area contributed by atoms with Crippen LogP contribution in [0.25, 0.3) is 0 Å². The van der Waals surface area contributed by atoms with E-state index >= 15 is 0 Å². The van der Waals surface area contributed by atoms with E-state index in [-0.39, 0.29) is 12.3 Å². The third-order valence-electron chi connectivity index (χ3n) is 28.0. The quantitative estimate of drug-likeness (QED) is 0.0199. The second kappa shape index (κ2) is 71.7. The van der Waals surface area contributed by atoms with E-state index in [9.17, 15) is 100.0 Å². The van der Waals surface area contributed by atoms with E-state index in [4.69, 9.17) is 51.7 Å². The SMILES string of the molecule is CC(=O)N[C@H]1[C@H](O[C@H]2[C@H](O)[C@@H](NC(C)=O)[C@@H](OP(=O)([O-])OP(=O)([O-])OCCC(C)CC/C=C(/C)CC/C=C(/C)CC/C=C(/C)CC/C=C(/C)CC/C=C(/C)CC/C=C(/C)CC/C=C(/C)CC/C=C(/C)CC/C=C(/C)CC/C=C(/C)CC/C=C(/C)CC/C=C(/C)CC/C=C(\C)CC/C=C(\C)CCC=C(C)C)O[C@@H]2CO)O[C@H](CO)[C@@H](O[C@@H]2O[C@H](CO[C@H]3O[C@H](CO)[C@@H](O)[C@H](O)[C@@H]3O)[C@@H](O)[C@H](O[C@H]3O[C@H](CO)[C@@H](O)[C@H](O)[C@@H]3O)[C@@H]2O)[C@@H]1O. The zero-order chi connectivity index (χ0) is 111. The van der Waals surface area contributed by atoms with Gasteiger partial charge in [0.15, 0.2) is 31.5 Å². The molecule has 5 heterocycles. The van der Waals surface area contributed by atoms with E-state index in [0.29, 0.717) is 12.8 Å². The fraction of sp³-hybridized carbons (Fsp3) is 0.719. The van der Waals surface area contributed by atoms with Crippen LogP contribution in [0.15, 0.2) is 175 Å². The summed E-state index contributed by atoms with van der Waals surface area (Å²) >= 11 is 0. The molecule has 34 nitrogen and oxygen atoms in total. The number of aliphatic hydroxyl groups excluding tert-OH is 14. The van der Waals surface area contributed by atoms with Crippen molar-refractivity contribution in [3.8, 4) is 0 Å². The van der Waals surface area contributed by atoms with Crippen LogP contribution >= 0.6 is 15.6 Å². The number of hydrogen-bond acceptors (Lipinski definition) is 32. The smallest absolute Gasteiger partial charge is 0.276 e. The molecule has 0 aromatic heterocycles. The minimum absolute atomic E-state index is 0.0971. The molecular weight excluding hydrogens is 1970 g/mol. The predicted octanol–water partition coefficient (Wildman–Crippen LogP) is 15.3. The Morgan fingerprint density at radius 2 is 0.553 bits per heavy atom. The van der Waals surface area contributed by atoms with Crippen molar-refractivity contribution < 1.29 is 156 Å². The van der Waals surface area contributed by atoms with Crippen LogP contribution in [-0.4, -0.2) is 276 Å². The topological polar surface area (TPSA) is 532 Å². The summed E-state index contributed by atoms with van der Waals surface area (Å²) in [5, 5.41) is 157. The first-order valence-electron chi connectivity index (χ1n) is 54.1. The van der Waals surface area contributed by atoms with Gasteiger partial charge in [0.05, 0.1) is 39.6 Å². The average molecular weight is 2160 g/mol. The van der Waals surface area contributed by atoms with Crippen molar-refractivity contribution in [2.45, 2.75) is 484 Å². The standard InChI is InChI=1S/C114H190N2O32P2/c1-72(2)35-20-36-73(3)37-21-38-74(4)39-22-40-75(5)41-23-42-76(6)43-24-44-77(7)45-25-46-78(8)47-26-48-79(9)49-27-50-80(10)51-28-52-81(11)53-29-54-82(12)55-30-56-83(13)57-31-58-84(14)59-32-60-85(15)61-33-62-86(16)63-34-64-87(17)65-66-138-149(133,134)148-150(135,136)147-111-96(116-89(19)122)101(127)107(93(70-120)142-111)144-110-95(115-88(18)121)100(126)108(92(69-119)141-110)145-114-106(132)109(146-113-105(131)103(129)98(124)91(68-118)140-113)99(125)94(143-114)71-137-112-104(130)102(128)97(123)90(67-117)139-112/h35,37,39,41,43,45,47,49,51,53,55,57,59,61,63,87,90-114,117-120,123-132H,20-34,36,38,40,42,44,46,48,50,52,54,56,58,60,62,64-71H2,1-19H3,(H,115,121)(H,116,122)(H,133,134)(H,135,136)/p-2/b73-37+,74-39+,75-41-,76-43-,77-45-,78-47-,79-49-,80-51-,81-53-,82-55-,83-57-,84-59-,85-61-,86-63-/t87?,90-,91-,92-,93-,94-,95-,96-,97-,98-,99-,100-,101-,102+,103+,104+,105+,106+,107-,108-,109+,110+,111-,112+,113-,114+/m1/s1. The molecule has 150 heavy (non-hydrogen) atoms. The number of phosphoric ester groups is 2. The van der Waals surface area contributed by atoms with Gasteiger partial charge in [-0.3, -0.25) is 23.2 Å². The van der Waals surface area contributed by atoms with Gasteiger partial charge in [-0.2, -0.15) is 0 Å². The van der Waals surface area contributed by atoms with E-state index in [1.54, 1.807) is 0 Å². The van der Waals surface area contributed by atoms with Crippen LogP contribution in [0, 0.1) is 5.92 Å². The number of nitrogens with one attached hydrogen (secondary N) is 2. The van der Waals surface area contributed by atoms with Crippen molar-refractivity contribution in [3.63, 3.8) is 0 Å². The summed E-state index contributed by atoms with van der Waals surface area (Å²) in [7, 11) is -11.9. The Morgan fingerprint density at radius 3 is 0.867 bits per heavy atom. The maximum absolute atomic E-state index is 13.4. The van der Waals surface area contributed by atoms with E-state index in [0.717, 1.165) is 187 Å². The molecule has 0 radical (unpaired) electrons. The summed E-state index contributed by atoms with van der Waals surface area (Å²) in [4.78, 5) is 52.1. The third kappa shape index (κ3) is 51.4. The summed E-state index contributed by atoms with van der Waals surface area (Å²) < 4.78 is 92.8. The van der Waals surface area contributed by atoms with Crippen molar-refractivity contribution in [1.82, 2.24) is 10.6 Å². The van der Waals surface area contributed by atoms with Gasteiger partial charge in [-0.25, -0.2) is 4.31 Å². The number of aliphatic hydroxyl groups is 14. The molecule has 5 aliphatic rings. The number of phosphoric acid groups is 2. The van der Waals surface area contributed by atoms with E-state index in [1.165, 1.54) is 90.0 Å². The molecular formula is C114H188N2O32P2-2. The van der Waals surface area contributed by atoms with Gasteiger partial charge in [-0.1, -0.05) is 182 Å². The van der Waals surface area contributed by atoms with Gasteiger partial charge in [0.25, 0.3) is 15.6 Å². The Balaban J connectivity index is 0.955. The maximum atomic E-state index is 13.4. The lowest BCUT2D eigenvalue weighted by atomic mass is 9.94. The normalized spacial score (nSPS) is 30.1. The van der Waals surface area contributed by atoms with Crippen molar-refractivity contribution in [2.75, 3.05) is 39.6 Å². The lowest BCUT2D eigenvalue weighted by molar-refractivity contribution is -0.384. The van der Waals surface area contributed by atoms with Gasteiger partial charge in [-0.15, -0.1) is 0 Å². The Hall–Kier alpha value is -5.62. The fourth-order valence-corrected chi connectivity index (χ4v) is 20.4. The van der Waals surface area contributed by atoms with Gasteiger partial charge >= 0.3 is 0 Å². The van der Waals surface area contributed by atoms with Crippen LogP contribution in [0.5, 0.6) is 0 Å². The van der Waals surface area contributed by atoms with Crippen LogP contribution in [0.4, 0.5) is 0 Å². The van der Waals surface area contributed by atoms with Crippen molar-refractivity contribution >= 4 is 27.5 Å². The van der Waals surface area contributed by atoms with Crippen molar-refractivity contribution in [3.05, 3.63) is 175 Å². The highest BCUT2D eigenvalue weighted by Crippen LogP contribution is 2.57. The van der Waals surface area contributed by atoms with Gasteiger partial charge in [0.1, 0.15) is 122 Å². The zero-order valence-electron chi connectivity index (χ0n) is 92.8. The third-order valence-corrected chi connectivity index (χ3v) is 30.6. The number of rotatable bonds is 68. The van der Waals surface area contributed by atoms with E-state index in [1.807, 2.05) is 6.92 Å². The summed E-state index contributed by atoms with van der Waals surface area (Å²) in [5.74, 6) is -1.97. The van der Waals surface area contributed by atoms with Crippen LogP contribution in [0.2, 0.25) is 0 Å². The Labute approximate surface area is 893 Å². The van der Waals surface area contributed by atoms with Crippen LogP contribution in [0.3, 0.4) is 0 Å². The van der Waals surface area contributed by atoms with Crippen molar-refractivity contribution in [1.29, 1.82) is 0 Å². The number of hydrogen-bond donors (Lipinski definition) is 16.